The summed E-state index contributed by atoms with van der Waals surface area (Å²) in [6.45, 7) is 1.20. The van der Waals surface area contributed by atoms with Gasteiger partial charge in [-0.3, -0.25) is 14.4 Å². The number of anilines is 1. The van der Waals surface area contributed by atoms with E-state index in [4.69, 9.17) is 16.3 Å². The zero-order valence-electron chi connectivity index (χ0n) is 14.1. The van der Waals surface area contributed by atoms with Gasteiger partial charge in [0, 0.05) is 30.1 Å². The summed E-state index contributed by atoms with van der Waals surface area (Å²) in [4.78, 5) is 37.1. The van der Waals surface area contributed by atoms with Crippen molar-refractivity contribution in [3.8, 4) is 5.75 Å². The topological polar surface area (TPSA) is 77.4 Å². The molecule has 1 N–H and O–H groups in total. The summed E-state index contributed by atoms with van der Waals surface area (Å²) < 4.78 is 6.55. The van der Waals surface area contributed by atoms with Crippen LogP contribution in [-0.4, -0.2) is 16.4 Å². The molecule has 0 spiro atoms. The number of pyridine rings is 1. The highest BCUT2D eigenvalue weighted by Crippen LogP contribution is 2.30. The number of ether oxygens (including phenoxy) is 1. The second-order valence-electron chi connectivity index (χ2n) is 5.64. The first kappa shape index (κ1) is 17.7. The molecule has 0 atom stereocenters. The van der Waals surface area contributed by atoms with E-state index >= 15 is 0 Å². The zero-order chi connectivity index (χ0) is 18.8. The Morgan fingerprint density at radius 1 is 1.12 bits per heavy atom. The smallest absolute Gasteiger partial charge is 0.308 e. The molecule has 0 aliphatic carbocycles. The molecule has 6 nitrogen and oxygen atoms in total. The molecule has 7 heteroatoms. The van der Waals surface area contributed by atoms with E-state index in [1.54, 1.807) is 48.5 Å². The van der Waals surface area contributed by atoms with Crippen LogP contribution >= 0.6 is 11.6 Å². The number of benzene rings is 2. The Morgan fingerprint density at radius 2 is 1.81 bits per heavy atom. The number of carbonyl (C=O) groups excluding carboxylic acids is 2. The number of amides is 1. The van der Waals surface area contributed by atoms with E-state index in [1.807, 2.05) is 0 Å². The van der Waals surface area contributed by atoms with Crippen molar-refractivity contribution in [2.24, 2.45) is 7.05 Å². The molecular formula is C19H15ClN2O4. The lowest BCUT2D eigenvalue weighted by Crippen LogP contribution is -2.29. The minimum Gasteiger partial charge on any atom is -0.425 e. The van der Waals surface area contributed by atoms with Crippen molar-refractivity contribution >= 4 is 40.1 Å². The summed E-state index contributed by atoms with van der Waals surface area (Å²) in [5, 5.41) is 3.43. The molecule has 1 aromatic heterocycles. The Kier molecular flexibility index (Phi) is 4.77. The van der Waals surface area contributed by atoms with Gasteiger partial charge in [-0.05, 0) is 30.3 Å². The normalized spacial score (nSPS) is 10.6. The fraction of sp³-hybridized carbons (Fsp3) is 0.105. The van der Waals surface area contributed by atoms with Gasteiger partial charge in [-0.1, -0.05) is 29.8 Å². The van der Waals surface area contributed by atoms with Crippen molar-refractivity contribution in [1.29, 1.82) is 0 Å². The molecule has 0 saturated heterocycles. The second-order valence-corrected chi connectivity index (χ2v) is 6.08. The second kappa shape index (κ2) is 7.01. The van der Waals surface area contributed by atoms with Crippen LogP contribution < -0.4 is 15.6 Å². The minimum absolute atomic E-state index is 0.105. The first-order valence-corrected chi connectivity index (χ1v) is 8.13. The maximum Gasteiger partial charge on any atom is 0.308 e. The number of rotatable bonds is 3. The molecule has 3 aromatic rings. The van der Waals surface area contributed by atoms with Gasteiger partial charge in [-0.2, -0.15) is 0 Å². The Hall–Kier alpha value is -3.12. The maximum atomic E-state index is 12.8. The molecule has 0 fully saturated rings. The number of aromatic nitrogens is 1. The predicted octanol–water partition coefficient (Wildman–Crippen LogP) is 3.37. The molecule has 3 rings (SSSR count). The first-order valence-electron chi connectivity index (χ1n) is 7.75. The van der Waals surface area contributed by atoms with Gasteiger partial charge in [-0.15, -0.1) is 0 Å². The maximum absolute atomic E-state index is 12.8. The fourth-order valence-corrected chi connectivity index (χ4v) is 2.83. The quantitative estimate of drug-likeness (QED) is 0.717. The lowest BCUT2D eigenvalue weighted by atomic mass is 10.1. The third kappa shape index (κ3) is 3.32. The van der Waals surface area contributed by atoms with Crippen LogP contribution in [-0.2, 0) is 11.8 Å². The lowest BCUT2D eigenvalue weighted by Gasteiger charge is -2.15. The monoisotopic (exact) mass is 370 g/mol. The number of esters is 1. The number of aryl methyl sites for hydroxylation is 1. The van der Waals surface area contributed by atoms with E-state index in [0.717, 1.165) is 0 Å². The third-order valence-corrected chi connectivity index (χ3v) is 4.05. The van der Waals surface area contributed by atoms with Crippen LogP contribution in [0.3, 0.4) is 0 Å². The summed E-state index contributed by atoms with van der Waals surface area (Å²) in [7, 11) is 1.54. The van der Waals surface area contributed by atoms with Gasteiger partial charge < -0.3 is 14.6 Å². The van der Waals surface area contributed by atoms with Crippen LogP contribution in [0, 0.1) is 0 Å². The molecule has 0 aliphatic rings. The molecule has 0 saturated carbocycles. The molecule has 0 bridgehead atoms. The number of carbonyl (C=O) groups is 2. The Bertz CT molecular complexity index is 1070. The Labute approximate surface area is 154 Å². The SMILES string of the molecule is CC(=O)Oc1c(C(=O)Nc2ccccc2)c(=O)n(C)c2ccc(Cl)cc12. The van der Waals surface area contributed by atoms with Crippen LogP contribution in [0.4, 0.5) is 5.69 Å². The van der Waals surface area contributed by atoms with Crippen molar-refractivity contribution in [3.63, 3.8) is 0 Å². The van der Waals surface area contributed by atoms with E-state index < -0.39 is 17.4 Å². The van der Waals surface area contributed by atoms with Crippen molar-refractivity contribution in [2.45, 2.75) is 6.92 Å². The van der Waals surface area contributed by atoms with Gasteiger partial charge >= 0.3 is 5.97 Å². The largest absolute Gasteiger partial charge is 0.425 e. The number of nitrogens with zero attached hydrogens (tertiary/aromatic N) is 1. The van der Waals surface area contributed by atoms with Gasteiger partial charge in [0.25, 0.3) is 11.5 Å². The first-order chi connectivity index (χ1) is 12.4. The van der Waals surface area contributed by atoms with Gasteiger partial charge in [0.05, 0.1) is 5.52 Å². The van der Waals surface area contributed by atoms with Gasteiger partial charge in [0.2, 0.25) is 0 Å². The van der Waals surface area contributed by atoms with Crippen LogP contribution in [0.25, 0.3) is 10.9 Å². The van der Waals surface area contributed by atoms with E-state index in [-0.39, 0.29) is 11.3 Å². The standard InChI is InChI=1S/C19H15ClN2O4/c1-11(23)26-17-14-10-12(20)8-9-15(14)22(2)19(25)16(17)18(24)21-13-6-4-3-5-7-13/h3-10H,1-2H3,(H,21,24). The Balaban J connectivity index is 2.25. The van der Waals surface area contributed by atoms with Crippen LogP contribution in [0.1, 0.15) is 17.3 Å². The highest BCUT2D eigenvalue weighted by Gasteiger charge is 2.24. The molecule has 0 radical (unpaired) electrons. The van der Waals surface area contributed by atoms with Gasteiger partial charge in [-0.25, -0.2) is 0 Å². The highest BCUT2D eigenvalue weighted by molar-refractivity contribution is 6.31. The van der Waals surface area contributed by atoms with Crippen LogP contribution in [0.15, 0.2) is 53.3 Å². The molecule has 2 aromatic carbocycles. The molecule has 26 heavy (non-hydrogen) atoms. The fourth-order valence-electron chi connectivity index (χ4n) is 2.66. The zero-order valence-corrected chi connectivity index (χ0v) is 14.8. The van der Waals surface area contributed by atoms with Crippen LogP contribution in [0.2, 0.25) is 5.02 Å². The molecule has 132 valence electrons. The summed E-state index contributed by atoms with van der Waals surface area (Å²) in [6.07, 6.45) is 0. The number of fused-ring (bicyclic) bond motifs is 1. The van der Waals surface area contributed by atoms with Crippen molar-refractivity contribution in [2.75, 3.05) is 5.32 Å². The van der Waals surface area contributed by atoms with Gasteiger partial charge in [0.15, 0.2) is 5.75 Å². The van der Waals surface area contributed by atoms with Gasteiger partial charge in [0.1, 0.15) is 5.56 Å². The van der Waals surface area contributed by atoms with E-state index in [9.17, 15) is 14.4 Å². The third-order valence-electron chi connectivity index (χ3n) is 3.81. The average molecular weight is 371 g/mol. The summed E-state index contributed by atoms with van der Waals surface area (Å²) in [5.41, 5.74) is 0.164. The molecule has 0 unspecified atom stereocenters. The molecule has 0 aliphatic heterocycles. The van der Waals surface area contributed by atoms with E-state index in [1.165, 1.54) is 18.5 Å². The number of nitrogens with one attached hydrogen (secondary N) is 1. The van der Waals surface area contributed by atoms with E-state index in [2.05, 4.69) is 5.32 Å². The minimum atomic E-state index is -0.671. The number of hydrogen-bond acceptors (Lipinski definition) is 4. The van der Waals surface area contributed by atoms with Crippen molar-refractivity contribution in [3.05, 3.63) is 69.5 Å². The van der Waals surface area contributed by atoms with E-state index in [0.29, 0.717) is 21.6 Å². The molecule has 1 amide bonds. The predicted molar refractivity (Wildman–Crippen MR) is 99.9 cm³/mol. The van der Waals surface area contributed by atoms with Crippen LogP contribution in [0.5, 0.6) is 5.75 Å². The molecular weight excluding hydrogens is 356 g/mol. The summed E-state index contributed by atoms with van der Waals surface area (Å²) in [6, 6.07) is 13.5. The number of hydrogen-bond donors (Lipinski definition) is 1. The summed E-state index contributed by atoms with van der Waals surface area (Å²) >= 11 is 6.05. The lowest BCUT2D eigenvalue weighted by molar-refractivity contribution is -0.131. The molecule has 1 heterocycles. The van der Waals surface area contributed by atoms with Crippen molar-refractivity contribution in [1.82, 2.24) is 4.57 Å². The average Bonchev–Trinajstić information content (AvgIpc) is 2.60. The highest BCUT2D eigenvalue weighted by atomic mass is 35.5. The Morgan fingerprint density at radius 3 is 2.46 bits per heavy atom. The van der Waals surface area contributed by atoms with Crippen molar-refractivity contribution < 1.29 is 14.3 Å². The number of halogens is 1. The number of para-hydroxylation sites is 1. The summed E-state index contributed by atoms with van der Waals surface area (Å²) in [5.74, 6) is -1.42.